The molecule has 0 spiro atoms. The van der Waals surface area contributed by atoms with Gasteiger partial charge in [-0.15, -0.1) is 10.2 Å². The maximum atomic E-state index is 12.4. The summed E-state index contributed by atoms with van der Waals surface area (Å²) in [6.45, 7) is 4.51. The second kappa shape index (κ2) is 5.79. The monoisotopic (exact) mass is 276 g/mol. The van der Waals surface area contributed by atoms with Crippen LogP contribution in [0.25, 0.3) is 0 Å². The summed E-state index contributed by atoms with van der Waals surface area (Å²) in [7, 11) is 0. The van der Waals surface area contributed by atoms with Gasteiger partial charge < -0.3 is 10.6 Å². The minimum atomic E-state index is -0.131. The number of nitrogen functional groups attached to an aromatic ring is 1. The number of carbonyl (C=O) groups is 1. The third-order valence-electron chi connectivity index (χ3n) is 2.70. The van der Waals surface area contributed by atoms with Crippen LogP contribution < -0.4 is 5.73 Å². The topological polar surface area (TPSA) is 72.1 Å². The van der Waals surface area contributed by atoms with E-state index in [0.717, 1.165) is 16.9 Å². The fourth-order valence-corrected chi connectivity index (χ4v) is 2.28. The van der Waals surface area contributed by atoms with Crippen LogP contribution in [-0.4, -0.2) is 27.0 Å². The van der Waals surface area contributed by atoms with Gasteiger partial charge in [0.05, 0.1) is 0 Å². The number of hydrogen-bond acceptors (Lipinski definition) is 5. The van der Waals surface area contributed by atoms with E-state index in [1.165, 1.54) is 0 Å². The van der Waals surface area contributed by atoms with Crippen molar-refractivity contribution in [3.63, 3.8) is 0 Å². The lowest BCUT2D eigenvalue weighted by molar-refractivity contribution is 0.0689. The van der Waals surface area contributed by atoms with Crippen molar-refractivity contribution in [2.45, 2.75) is 26.4 Å². The zero-order valence-electron chi connectivity index (χ0n) is 10.9. The van der Waals surface area contributed by atoms with Crippen molar-refractivity contribution in [3.05, 3.63) is 40.9 Å². The molecule has 0 aliphatic heterocycles. The zero-order valence-corrected chi connectivity index (χ0v) is 11.7. The van der Waals surface area contributed by atoms with Crippen molar-refractivity contribution in [1.82, 2.24) is 15.1 Å². The van der Waals surface area contributed by atoms with Crippen LogP contribution in [0.3, 0.4) is 0 Å². The molecule has 2 aromatic rings. The summed E-state index contributed by atoms with van der Waals surface area (Å²) in [6, 6.07) is 9.95. The van der Waals surface area contributed by atoms with Crippen molar-refractivity contribution in [2.75, 3.05) is 5.73 Å². The van der Waals surface area contributed by atoms with E-state index in [1.54, 1.807) is 4.90 Å². The molecule has 19 heavy (non-hydrogen) atoms. The lowest BCUT2D eigenvalue weighted by atomic mass is 10.2. The van der Waals surface area contributed by atoms with Crippen molar-refractivity contribution in [1.29, 1.82) is 0 Å². The van der Waals surface area contributed by atoms with Gasteiger partial charge in [-0.25, -0.2) is 0 Å². The molecule has 2 N–H and O–H groups in total. The van der Waals surface area contributed by atoms with Gasteiger partial charge in [0.2, 0.25) is 10.1 Å². The first kappa shape index (κ1) is 13.5. The van der Waals surface area contributed by atoms with Gasteiger partial charge in [0.25, 0.3) is 5.91 Å². The number of nitrogens with zero attached hydrogens (tertiary/aromatic N) is 3. The molecule has 0 radical (unpaired) electrons. The summed E-state index contributed by atoms with van der Waals surface area (Å²) in [5.41, 5.74) is 6.60. The van der Waals surface area contributed by atoms with Gasteiger partial charge in [-0.05, 0) is 19.4 Å². The molecule has 0 aliphatic carbocycles. The Labute approximate surface area is 116 Å². The van der Waals surface area contributed by atoms with E-state index in [9.17, 15) is 4.79 Å². The quantitative estimate of drug-likeness (QED) is 0.929. The van der Waals surface area contributed by atoms with E-state index >= 15 is 0 Å². The average molecular weight is 276 g/mol. The van der Waals surface area contributed by atoms with Crippen LogP contribution in [0.1, 0.15) is 29.2 Å². The molecule has 0 atom stereocenters. The summed E-state index contributed by atoms with van der Waals surface area (Å²) < 4.78 is 0. The van der Waals surface area contributed by atoms with Crippen molar-refractivity contribution in [2.24, 2.45) is 0 Å². The summed E-state index contributed by atoms with van der Waals surface area (Å²) in [4.78, 5) is 14.1. The smallest absolute Gasteiger partial charge is 0.285 e. The number of hydrogen-bond donors (Lipinski definition) is 1. The Morgan fingerprint density at radius 2 is 2.00 bits per heavy atom. The molecule has 100 valence electrons. The molecule has 0 unspecified atom stereocenters. The number of carbonyl (C=O) groups excluding carboxylic acids is 1. The van der Waals surface area contributed by atoms with Crippen molar-refractivity contribution in [3.8, 4) is 0 Å². The van der Waals surface area contributed by atoms with Gasteiger partial charge in [-0.1, -0.05) is 41.7 Å². The first-order valence-electron chi connectivity index (χ1n) is 6.02. The molecule has 0 aliphatic rings. The van der Waals surface area contributed by atoms with Crippen molar-refractivity contribution < 1.29 is 4.79 Å². The predicted octanol–water partition coefficient (Wildman–Crippen LogP) is 2.17. The highest BCUT2D eigenvalue weighted by atomic mass is 32.1. The molecule has 5 nitrogen and oxygen atoms in total. The number of anilines is 1. The van der Waals surface area contributed by atoms with Gasteiger partial charge in [-0.3, -0.25) is 4.79 Å². The third-order valence-corrected chi connectivity index (χ3v) is 3.44. The average Bonchev–Trinajstić information content (AvgIpc) is 2.83. The molecule has 1 aromatic carbocycles. The summed E-state index contributed by atoms with van der Waals surface area (Å²) in [5, 5.41) is 8.15. The molecular weight excluding hydrogens is 260 g/mol. The van der Waals surface area contributed by atoms with E-state index in [4.69, 9.17) is 5.73 Å². The number of aromatic nitrogens is 2. The minimum Gasteiger partial charge on any atom is -0.374 e. The Hall–Kier alpha value is -1.95. The molecule has 0 fully saturated rings. The van der Waals surface area contributed by atoms with Gasteiger partial charge in [0.15, 0.2) is 0 Å². The van der Waals surface area contributed by atoms with Crippen LogP contribution in [0.4, 0.5) is 5.13 Å². The van der Waals surface area contributed by atoms with Crippen LogP contribution in [0.2, 0.25) is 0 Å². The van der Waals surface area contributed by atoms with Crippen LogP contribution in [0.15, 0.2) is 30.3 Å². The van der Waals surface area contributed by atoms with Gasteiger partial charge in [-0.2, -0.15) is 0 Å². The Morgan fingerprint density at radius 1 is 1.32 bits per heavy atom. The Kier molecular flexibility index (Phi) is 4.11. The molecule has 1 heterocycles. The number of nitrogens with two attached hydrogens (primary N) is 1. The van der Waals surface area contributed by atoms with E-state index in [2.05, 4.69) is 10.2 Å². The minimum absolute atomic E-state index is 0.0813. The van der Waals surface area contributed by atoms with E-state index in [-0.39, 0.29) is 11.9 Å². The second-order valence-electron chi connectivity index (χ2n) is 4.46. The first-order chi connectivity index (χ1) is 9.08. The highest BCUT2D eigenvalue weighted by molar-refractivity contribution is 7.16. The number of benzene rings is 1. The maximum absolute atomic E-state index is 12.4. The van der Waals surface area contributed by atoms with Crippen LogP contribution in [0, 0.1) is 0 Å². The number of rotatable bonds is 4. The fourth-order valence-electron chi connectivity index (χ4n) is 1.71. The molecule has 2 rings (SSSR count). The molecule has 0 bridgehead atoms. The molecule has 0 saturated heterocycles. The molecule has 1 aromatic heterocycles. The molecule has 6 heteroatoms. The molecular formula is C13H16N4OS. The Balaban J connectivity index is 2.19. The van der Waals surface area contributed by atoms with Crippen molar-refractivity contribution >= 4 is 22.4 Å². The van der Waals surface area contributed by atoms with Gasteiger partial charge in [0.1, 0.15) is 0 Å². The second-order valence-corrected chi connectivity index (χ2v) is 5.47. The standard InChI is InChI=1S/C13H16N4OS/c1-9(2)17(8-10-6-4-3-5-7-10)12(18)11-15-16-13(14)19-11/h3-7,9H,8H2,1-2H3,(H2,14,16). The normalized spacial score (nSPS) is 10.7. The van der Waals surface area contributed by atoms with Crippen LogP contribution in [-0.2, 0) is 6.54 Å². The van der Waals surface area contributed by atoms with E-state index in [0.29, 0.717) is 16.7 Å². The van der Waals surface area contributed by atoms with Gasteiger partial charge in [0, 0.05) is 12.6 Å². The molecule has 1 amide bonds. The van der Waals surface area contributed by atoms with Crippen LogP contribution >= 0.6 is 11.3 Å². The molecule has 0 saturated carbocycles. The fraction of sp³-hybridized carbons (Fsp3) is 0.308. The maximum Gasteiger partial charge on any atom is 0.285 e. The zero-order chi connectivity index (χ0) is 13.8. The SMILES string of the molecule is CC(C)N(Cc1ccccc1)C(=O)c1nnc(N)s1. The Bertz CT molecular complexity index is 553. The third kappa shape index (κ3) is 3.29. The highest BCUT2D eigenvalue weighted by Crippen LogP contribution is 2.17. The summed E-state index contributed by atoms with van der Waals surface area (Å²) in [5.74, 6) is -0.131. The van der Waals surface area contributed by atoms with E-state index < -0.39 is 0 Å². The van der Waals surface area contributed by atoms with Gasteiger partial charge >= 0.3 is 0 Å². The summed E-state index contributed by atoms with van der Waals surface area (Å²) >= 11 is 1.12. The largest absolute Gasteiger partial charge is 0.374 e. The predicted molar refractivity (Wildman–Crippen MR) is 75.8 cm³/mol. The lowest BCUT2D eigenvalue weighted by Gasteiger charge is -2.25. The first-order valence-corrected chi connectivity index (χ1v) is 6.83. The lowest BCUT2D eigenvalue weighted by Crippen LogP contribution is -2.36. The number of amides is 1. The highest BCUT2D eigenvalue weighted by Gasteiger charge is 2.22. The Morgan fingerprint density at radius 3 is 2.53 bits per heavy atom. The van der Waals surface area contributed by atoms with Crippen LogP contribution in [0.5, 0.6) is 0 Å². The summed E-state index contributed by atoms with van der Waals surface area (Å²) in [6.07, 6.45) is 0. The van der Waals surface area contributed by atoms with E-state index in [1.807, 2.05) is 44.2 Å².